The van der Waals surface area contributed by atoms with Gasteiger partial charge in [0, 0.05) is 42.8 Å². The van der Waals surface area contributed by atoms with Crippen LogP contribution in [0.4, 0.5) is 0 Å². The smallest absolute Gasteiger partial charge is 0.256 e. The SMILES string of the molecule is CCn1cc(C(=O)NCCc2ccc(Cl)cc2)c(=O)c2cc(S(=O)(=O)N3C[C@H](C)C[C@H](C)C3)ccc21. The zero-order valence-electron chi connectivity index (χ0n) is 20.8. The van der Waals surface area contributed by atoms with Gasteiger partial charge in [0.15, 0.2) is 0 Å². The molecule has 2 atom stereocenters. The van der Waals surface area contributed by atoms with Crippen LogP contribution in [-0.4, -0.2) is 42.8 Å². The quantitative estimate of drug-likeness (QED) is 0.494. The van der Waals surface area contributed by atoms with Crippen molar-refractivity contribution in [2.45, 2.75) is 45.1 Å². The number of benzene rings is 2. The minimum Gasteiger partial charge on any atom is -0.352 e. The molecule has 36 heavy (non-hydrogen) atoms. The number of piperidine rings is 1. The van der Waals surface area contributed by atoms with Crippen LogP contribution in [0.5, 0.6) is 0 Å². The highest BCUT2D eigenvalue weighted by atomic mass is 35.5. The van der Waals surface area contributed by atoms with Crippen LogP contribution >= 0.6 is 11.6 Å². The molecule has 3 aromatic rings. The Kier molecular flexibility index (Phi) is 7.87. The summed E-state index contributed by atoms with van der Waals surface area (Å²) in [5.41, 5.74) is 1.13. The molecule has 4 rings (SSSR count). The molecule has 192 valence electrons. The zero-order valence-corrected chi connectivity index (χ0v) is 22.4. The highest BCUT2D eigenvalue weighted by molar-refractivity contribution is 7.89. The average molecular weight is 530 g/mol. The lowest BCUT2D eigenvalue weighted by Crippen LogP contribution is -2.42. The molecule has 1 fully saturated rings. The minimum atomic E-state index is -3.76. The van der Waals surface area contributed by atoms with Crippen LogP contribution in [0.15, 0.2) is 58.4 Å². The van der Waals surface area contributed by atoms with Crippen LogP contribution in [0, 0.1) is 11.8 Å². The normalized spacial score (nSPS) is 18.9. The second-order valence-electron chi connectivity index (χ2n) is 9.74. The first kappa shape index (κ1) is 26.4. The molecule has 0 aliphatic carbocycles. The molecule has 1 saturated heterocycles. The summed E-state index contributed by atoms with van der Waals surface area (Å²) in [7, 11) is -3.76. The summed E-state index contributed by atoms with van der Waals surface area (Å²) in [6.45, 7) is 7.80. The van der Waals surface area contributed by atoms with E-state index in [0.29, 0.717) is 43.1 Å². The number of carbonyl (C=O) groups excluding carboxylic acids is 1. The van der Waals surface area contributed by atoms with Crippen LogP contribution in [0.25, 0.3) is 10.9 Å². The molecule has 9 heteroatoms. The fraction of sp³-hybridized carbons (Fsp3) is 0.407. The van der Waals surface area contributed by atoms with Gasteiger partial charge in [0.1, 0.15) is 5.56 Å². The maximum Gasteiger partial charge on any atom is 0.256 e. The predicted octanol–water partition coefficient (Wildman–Crippen LogP) is 4.31. The Bertz CT molecular complexity index is 1420. The molecule has 2 aromatic carbocycles. The van der Waals surface area contributed by atoms with E-state index in [4.69, 9.17) is 11.6 Å². The van der Waals surface area contributed by atoms with Gasteiger partial charge in [0.25, 0.3) is 5.91 Å². The molecule has 2 heterocycles. The van der Waals surface area contributed by atoms with Gasteiger partial charge in [0.2, 0.25) is 15.5 Å². The van der Waals surface area contributed by atoms with Crippen molar-refractivity contribution in [3.63, 3.8) is 0 Å². The van der Waals surface area contributed by atoms with Gasteiger partial charge in [-0.05, 0) is 67.5 Å². The number of amides is 1. The average Bonchev–Trinajstić information content (AvgIpc) is 2.84. The fourth-order valence-electron chi connectivity index (χ4n) is 4.98. The first-order chi connectivity index (χ1) is 17.1. The molecule has 0 unspecified atom stereocenters. The van der Waals surface area contributed by atoms with Crippen molar-refractivity contribution >= 4 is 38.4 Å². The number of halogens is 1. The molecule has 1 aromatic heterocycles. The van der Waals surface area contributed by atoms with Crippen LogP contribution < -0.4 is 10.7 Å². The molecule has 1 aliphatic rings. The molecular weight excluding hydrogens is 498 g/mol. The molecule has 1 N–H and O–H groups in total. The molecular formula is C27H32ClN3O4S. The van der Waals surface area contributed by atoms with Crippen LogP contribution in [0.3, 0.4) is 0 Å². The molecule has 1 amide bonds. The Balaban J connectivity index is 1.64. The van der Waals surface area contributed by atoms with Crippen LogP contribution in [0.2, 0.25) is 5.02 Å². The van der Waals surface area contributed by atoms with E-state index in [2.05, 4.69) is 19.2 Å². The Morgan fingerprint density at radius 3 is 2.39 bits per heavy atom. The summed E-state index contributed by atoms with van der Waals surface area (Å²) in [6.07, 6.45) is 3.12. The molecule has 7 nitrogen and oxygen atoms in total. The molecule has 0 saturated carbocycles. The lowest BCUT2D eigenvalue weighted by atomic mass is 9.94. The van der Waals surface area contributed by atoms with Crippen molar-refractivity contribution in [3.8, 4) is 0 Å². The van der Waals surface area contributed by atoms with Gasteiger partial charge in [-0.3, -0.25) is 9.59 Å². The molecule has 1 aliphatic heterocycles. The van der Waals surface area contributed by atoms with E-state index in [9.17, 15) is 18.0 Å². The van der Waals surface area contributed by atoms with Crippen molar-refractivity contribution in [2.75, 3.05) is 19.6 Å². The molecule has 0 radical (unpaired) electrons. The number of pyridine rings is 1. The molecule has 0 spiro atoms. The highest BCUT2D eigenvalue weighted by Gasteiger charge is 2.32. The Hall–Kier alpha value is -2.68. The number of hydrogen-bond donors (Lipinski definition) is 1. The van der Waals surface area contributed by atoms with E-state index in [1.807, 2.05) is 19.1 Å². The van der Waals surface area contributed by atoms with Crippen LogP contribution in [-0.2, 0) is 23.0 Å². The number of carbonyl (C=O) groups is 1. The number of sulfonamides is 1. The van der Waals surface area contributed by atoms with E-state index in [1.54, 1.807) is 35.0 Å². The van der Waals surface area contributed by atoms with E-state index in [-0.39, 0.29) is 27.7 Å². The Morgan fingerprint density at radius 1 is 1.08 bits per heavy atom. The first-order valence-corrected chi connectivity index (χ1v) is 14.1. The van der Waals surface area contributed by atoms with Crippen molar-refractivity contribution in [3.05, 3.63) is 75.0 Å². The Morgan fingerprint density at radius 2 is 1.75 bits per heavy atom. The third-order valence-corrected chi connectivity index (χ3v) is 8.80. The summed E-state index contributed by atoms with van der Waals surface area (Å²) in [4.78, 5) is 26.4. The number of rotatable bonds is 7. The predicted molar refractivity (Wildman–Crippen MR) is 143 cm³/mol. The van der Waals surface area contributed by atoms with Gasteiger partial charge >= 0.3 is 0 Å². The third kappa shape index (κ3) is 5.51. The van der Waals surface area contributed by atoms with Crippen molar-refractivity contribution in [1.82, 2.24) is 14.2 Å². The maximum atomic E-state index is 13.4. The molecule has 0 bridgehead atoms. The fourth-order valence-corrected chi connectivity index (χ4v) is 6.81. The summed E-state index contributed by atoms with van der Waals surface area (Å²) < 4.78 is 30.2. The number of aromatic nitrogens is 1. The number of hydrogen-bond acceptors (Lipinski definition) is 4. The monoisotopic (exact) mass is 529 g/mol. The summed E-state index contributed by atoms with van der Waals surface area (Å²) in [5, 5.41) is 3.68. The van der Waals surface area contributed by atoms with Gasteiger partial charge in [-0.2, -0.15) is 4.31 Å². The van der Waals surface area contributed by atoms with Crippen molar-refractivity contribution in [1.29, 1.82) is 0 Å². The second-order valence-corrected chi connectivity index (χ2v) is 12.1. The summed E-state index contributed by atoms with van der Waals surface area (Å²) >= 11 is 5.92. The number of nitrogens with one attached hydrogen (secondary N) is 1. The topological polar surface area (TPSA) is 88.5 Å². The van der Waals surface area contributed by atoms with Gasteiger partial charge in [-0.25, -0.2) is 8.42 Å². The third-order valence-electron chi connectivity index (χ3n) is 6.72. The number of fused-ring (bicyclic) bond motifs is 1. The van der Waals surface area contributed by atoms with E-state index in [0.717, 1.165) is 12.0 Å². The van der Waals surface area contributed by atoms with E-state index >= 15 is 0 Å². The Labute approximate surface area is 217 Å². The largest absolute Gasteiger partial charge is 0.352 e. The highest BCUT2D eigenvalue weighted by Crippen LogP contribution is 2.28. The van der Waals surface area contributed by atoms with Gasteiger partial charge in [0.05, 0.1) is 10.4 Å². The summed E-state index contributed by atoms with van der Waals surface area (Å²) in [5.74, 6) is 0.0546. The lowest BCUT2D eigenvalue weighted by molar-refractivity contribution is 0.0952. The minimum absolute atomic E-state index is 0.00442. The van der Waals surface area contributed by atoms with Crippen molar-refractivity contribution < 1.29 is 13.2 Å². The second kappa shape index (κ2) is 10.7. The maximum absolute atomic E-state index is 13.4. The number of aryl methyl sites for hydroxylation is 1. The number of nitrogens with zero attached hydrogens (tertiary/aromatic N) is 2. The van der Waals surface area contributed by atoms with Gasteiger partial charge < -0.3 is 9.88 Å². The van der Waals surface area contributed by atoms with E-state index < -0.39 is 21.4 Å². The zero-order chi connectivity index (χ0) is 26.0. The standard InChI is InChI=1S/C27H32ClN3O4S/c1-4-30-17-24(27(33)29-12-11-20-5-7-21(28)8-6-20)26(32)23-14-22(9-10-25(23)30)36(34,35)31-15-18(2)13-19(3)16-31/h5-10,14,17-19H,4,11-13,15-16H2,1-3H3,(H,29,33)/t18-,19+. The van der Waals surface area contributed by atoms with Gasteiger partial charge in [-0.15, -0.1) is 0 Å². The van der Waals surface area contributed by atoms with Crippen molar-refractivity contribution in [2.24, 2.45) is 11.8 Å². The summed E-state index contributed by atoms with van der Waals surface area (Å²) in [6, 6.07) is 12.0. The van der Waals surface area contributed by atoms with E-state index in [1.165, 1.54) is 10.4 Å². The van der Waals surface area contributed by atoms with Crippen LogP contribution in [0.1, 0.15) is 43.1 Å². The lowest BCUT2D eigenvalue weighted by Gasteiger charge is -2.34. The first-order valence-electron chi connectivity index (χ1n) is 12.3. The van der Waals surface area contributed by atoms with Gasteiger partial charge in [-0.1, -0.05) is 37.6 Å².